The van der Waals surface area contributed by atoms with E-state index in [-0.39, 0.29) is 11.8 Å². The fourth-order valence-electron chi connectivity index (χ4n) is 1.80. The molecule has 4 heteroatoms. The fraction of sp³-hybridized carbons (Fsp3) is 0.600. The van der Waals surface area contributed by atoms with Crippen LogP contribution in [-0.4, -0.2) is 43.3 Å². The molecule has 1 aromatic carbocycles. The van der Waals surface area contributed by atoms with Crippen LogP contribution in [0.25, 0.3) is 0 Å². The minimum absolute atomic E-state index is 0.179. The van der Waals surface area contributed by atoms with Crippen LogP contribution < -0.4 is 10.1 Å². The van der Waals surface area contributed by atoms with Gasteiger partial charge in [0, 0.05) is 25.2 Å². The van der Waals surface area contributed by atoms with Crippen molar-refractivity contribution in [3.63, 3.8) is 0 Å². The first kappa shape index (κ1) is 15.8. The maximum Gasteiger partial charge on any atom is 0.160 e. The lowest BCUT2D eigenvalue weighted by atomic mass is 10.1. The van der Waals surface area contributed by atoms with E-state index in [1.807, 2.05) is 12.1 Å². The normalized spacial score (nSPS) is 13.0. The molecule has 0 saturated carbocycles. The molecule has 0 spiro atoms. The van der Waals surface area contributed by atoms with Gasteiger partial charge in [-0.2, -0.15) is 0 Å². The Morgan fingerprint density at radius 3 is 2.58 bits per heavy atom. The van der Waals surface area contributed by atoms with Crippen molar-refractivity contribution in [1.29, 1.82) is 0 Å². The van der Waals surface area contributed by atoms with Crippen LogP contribution in [0, 0.1) is 0 Å². The number of hydrogen-bond acceptors (Lipinski definition) is 4. The van der Waals surface area contributed by atoms with E-state index in [2.05, 4.69) is 38.0 Å². The lowest BCUT2D eigenvalue weighted by molar-refractivity contribution is 0.270. The lowest BCUT2D eigenvalue weighted by Gasteiger charge is -2.22. The zero-order valence-corrected chi connectivity index (χ0v) is 12.6. The summed E-state index contributed by atoms with van der Waals surface area (Å²) >= 11 is 0. The Morgan fingerprint density at radius 2 is 2.00 bits per heavy atom. The molecule has 0 radical (unpaired) electrons. The Labute approximate surface area is 116 Å². The van der Waals surface area contributed by atoms with Gasteiger partial charge >= 0.3 is 0 Å². The first-order valence-corrected chi connectivity index (χ1v) is 6.76. The van der Waals surface area contributed by atoms with Crippen LogP contribution in [0.4, 0.5) is 0 Å². The number of benzene rings is 1. The molecular formula is C15H26N2O2. The highest BCUT2D eigenvalue weighted by Crippen LogP contribution is 2.28. The molecule has 1 unspecified atom stereocenters. The number of hydrogen-bond donors (Lipinski definition) is 2. The molecule has 1 atom stereocenters. The second-order valence-electron chi connectivity index (χ2n) is 5.18. The minimum atomic E-state index is 0.179. The van der Waals surface area contributed by atoms with Gasteiger partial charge in [0.25, 0.3) is 0 Å². The van der Waals surface area contributed by atoms with Crippen molar-refractivity contribution < 1.29 is 9.84 Å². The molecule has 1 rings (SSSR count). The summed E-state index contributed by atoms with van der Waals surface area (Å²) in [7, 11) is 3.69. The van der Waals surface area contributed by atoms with Crippen LogP contribution in [-0.2, 0) is 0 Å². The Kier molecular flexibility index (Phi) is 6.12. The van der Waals surface area contributed by atoms with Gasteiger partial charge in [-0.05, 0) is 45.5 Å². The highest BCUT2D eigenvalue weighted by atomic mass is 16.5. The third-order valence-electron chi connectivity index (χ3n) is 3.50. The van der Waals surface area contributed by atoms with Gasteiger partial charge < -0.3 is 20.1 Å². The zero-order valence-electron chi connectivity index (χ0n) is 12.6. The third kappa shape index (κ3) is 4.73. The van der Waals surface area contributed by atoms with Crippen molar-refractivity contribution in [2.45, 2.75) is 32.9 Å². The molecule has 0 aliphatic heterocycles. The van der Waals surface area contributed by atoms with E-state index >= 15 is 0 Å². The van der Waals surface area contributed by atoms with Crippen LogP contribution in [0.15, 0.2) is 18.2 Å². The van der Waals surface area contributed by atoms with Gasteiger partial charge in [0.05, 0.1) is 7.11 Å². The summed E-state index contributed by atoms with van der Waals surface area (Å²) in [6.45, 7) is 8.43. The predicted molar refractivity (Wildman–Crippen MR) is 78.8 cm³/mol. The molecule has 4 nitrogen and oxygen atoms in total. The maximum atomic E-state index is 9.57. The third-order valence-corrected chi connectivity index (χ3v) is 3.50. The average Bonchev–Trinajstić information content (AvgIpc) is 2.38. The highest BCUT2D eigenvalue weighted by molar-refractivity contribution is 5.42. The van der Waals surface area contributed by atoms with Crippen molar-refractivity contribution in [3.05, 3.63) is 23.8 Å². The summed E-state index contributed by atoms with van der Waals surface area (Å²) < 4.78 is 5.12. The quantitative estimate of drug-likeness (QED) is 0.795. The molecule has 0 heterocycles. The molecule has 0 aliphatic rings. The molecule has 0 fully saturated rings. The molecule has 108 valence electrons. The number of nitrogens with zero attached hydrogens (tertiary/aromatic N) is 1. The smallest absolute Gasteiger partial charge is 0.160 e. The zero-order chi connectivity index (χ0) is 14.4. The SMILES string of the molecule is COc1cc(C(C)NCCN(C)C(C)C)ccc1O. The monoisotopic (exact) mass is 266 g/mol. The lowest BCUT2D eigenvalue weighted by Crippen LogP contribution is -2.34. The van der Waals surface area contributed by atoms with E-state index in [9.17, 15) is 5.11 Å². The van der Waals surface area contributed by atoms with Gasteiger partial charge in [-0.15, -0.1) is 0 Å². The standard InChI is InChI=1S/C15H26N2O2/c1-11(2)17(4)9-8-16-12(3)13-6-7-14(18)15(10-13)19-5/h6-7,10-12,16,18H,8-9H2,1-5H3. The van der Waals surface area contributed by atoms with Crippen LogP contribution >= 0.6 is 0 Å². The summed E-state index contributed by atoms with van der Waals surface area (Å²) in [6.07, 6.45) is 0. The van der Waals surface area contributed by atoms with Crippen molar-refractivity contribution in [2.24, 2.45) is 0 Å². The second-order valence-corrected chi connectivity index (χ2v) is 5.18. The van der Waals surface area contributed by atoms with E-state index in [0.29, 0.717) is 11.8 Å². The first-order chi connectivity index (χ1) is 8.95. The van der Waals surface area contributed by atoms with E-state index in [0.717, 1.165) is 18.7 Å². The van der Waals surface area contributed by atoms with Crippen molar-refractivity contribution in [3.8, 4) is 11.5 Å². The van der Waals surface area contributed by atoms with Gasteiger partial charge in [0.15, 0.2) is 11.5 Å². The number of rotatable bonds is 7. The van der Waals surface area contributed by atoms with Crippen LogP contribution in [0.5, 0.6) is 11.5 Å². The summed E-state index contributed by atoms with van der Waals surface area (Å²) in [5.74, 6) is 0.698. The topological polar surface area (TPSA) is 44.7 Å². The van der Waals surface area contributed by atoms with Gasteiger partial charge in [0.1, 0.15) is 0 Å². The predicted octanol–water partition coefficient (Wildman–Crippen LogP) is 2.39. The van der Waals surface area contributed by atoms with E-state index < -0.39 is 0 Å². The number of phenols is 1. The fourth-order valence-corrected chi connectivity index (χ4v) is 1.80. The van der Waals surface area contributed by atoms with E-state index in [1.165, 1.54) is 0 Å². The summed E-state index contributed by atoms with van der Waals surface area (Å²) in [5, 5.41) is 13.1. The Balaban J connectivity index is 2.51. The van der Waals surface area contributed by atoms with E-state index in [4.69, 9.17) is 4.74 Å². The highest BCUT2D eigenvalue weighted by Gasteiger charge is 2.09. The largest absolute Gasteiger partial charge is 0.504 e. The Bertz CT molecular complexity index is 394. The first-order valence-electron chi connectivity index (χ1n) is 6.76. The molecule has 0 saturated heterocycles. The molecule has 19 heavy (non-hydrogen) atoms. The van der Waals surface area contributed by atoms with E-state index in [1.54, 1.807) is 13.2 Å². The number of ether oxygens (including phenoxy) is 1. The molecule has 0 amide bonds. The summed E-state index contributed by atoms with van der Waals surface area (Å²) in [4.78, 5) is 2.30. The molecule has 0 bridgehead atoms. The van der Waals surface area contributed by atoms with Gasteiger partial charge in [0.2, 0.25) is 0 Å². The number of likely N-dealkylation sites (N-methyl/N-ethyl adjacent to an activating group) is 1. The van der Waals surface area contributed by atoms with Crippen LogP contribution in [0.2, 0.25) is 0 Å². The molecule has 0 aromatic heterocycles. The Hall–Kier alpha value is -1.26. The average molecular weight is 266 g/mol. The summed E-state index contributed by atoms with van der Waals surface area (Å²) in [5.41, 5.74) is 1.11. The van der Waals surface area contributed by atoms with Crippen molar-refractivity contribution in [2.75, 3.05) is 27.2 Å². The van der Waals surface area contributed by atoms with Crippen LogP contribution in [0.3, 0.4) is 0 Å². The maximum absolute atomic E-state index is 9.57. The number of nitrogens with one attached hydrogen (secondary N) is 1. The Morgan fingerprint density at radius 1 is 1.32 bits per heavy atom. The molecule has 2 N–H and O–H groups in total. The minimum Gasteiger partial charge on any atom is -0.504 e. The molecule has 0 aliphatic carbocycles. The summed E-state index contributed by atoms with van der Waals surface area (Å²) in [6, 6.07) is 6.26. The van der Waals surface area contributed by atoms with Gasteiger partial charge in [-0.3, -0.25) is 0 Å². The van der Waals surface area contributed by atoms with Crippen LogP contribution in [0.1, 0.15) is 32.4 Å². The number of methoxy groups -OCH3 is 1. The van der Waals surface area contributed by atoms with Crippen molar-refractivity contribution in [1.82, 2.24) is 10.2 Å². The second kappa shape index (κ2) is 7.36. The van der Waals surface area contributed by atoms with Gasteiger partial charge in [-0.25, -0.2) is 0 Å². The van der Waals surface area contributed by atoms with Gasteiger partial charge in [-0.1, -0.05) is 6.07 Å². The number of phenolic OH excluding ortho intramolecular Hbond substituents is 1. The molecular weight excluding hydrogens is 240 g/mol. The van der Waals surface area contributed by atoms with Crippen molar-refractivity contribution >= 4 is 0 Å². The molecule has 1 aromatic rings. The number of aromatic hydroxyl groups is 1.